The van der Waals surface area contributed by atoms with Gasteiger partial charge in [-0.15, -0.1) is 0 Å². The molecule has 0 amide bonds. The molecule has 0 radical (unpaired) electrons. The molecule has 106 valence electrons. The molecule has 1 unspecified atom stereocenters. The van der Waals surface area contributed by atoms with E-state index in [1.807, 2.05) is 0 Å². The number of hydrogen-bond donors (Lipinski definition) is 1. The maximum absolute atomic E-state index is 13.9. The Morgan fingerprint density at radius 2 is 1.60 bits per heavy atom. The number of hydrogen-bond acceptors (Lipinski definition) is 1. The van der Waals surface area contributed by atoms with Crippen molar-refractivity contribution in [2.75, 3.05) is 0 Å². The van der Waals surface area contributed by atoms with Crippen molar-refractivity contribution in [3.63, 3.8) is 0 Å². The minimum absolute atomic E-state index is 0.0635. The van der Waals surface area contributed by atoms with Crippen LogP contribution in [-0.4, -0.2) is 0 Å². The molecule has 0 aromatic heterocycles. The molecule has 2 N–H and O–H groups in total. The van der Waals surface area contributed by atoms with Crippen LogP contribution in [0.3, 0.4) is 0 Å². The van der Waals surface area contributed by atoms with Crippen LogP contribution in [0.4, 0.5) is 17.6 Å². The molecular formula is C15H13F4N. The third-order valence-electron chi connectivity index (χ3n) is 3.07. The van der Waals surface area contributed by atoms with E-state index in [1.165, 1.54) is 13.0 Å². The number of halogens is 4. The van der Waals surface area contributed by atoms with Gasteiger partial charge in [-0.05, 0) is 42.7 Å². The standard InChI is InChI=1S/C15H13F4N/c1-8-2-3-12(18)14(15(8)19)13(20)6-9-4-10(16)7-11(17)5-9/h2-5,7,13H,6,20H2,1H3. The summed E-state index contributed by atoms with van der Waals surface area (Å²) in [6.07, 6.45) is -0.0635. The fraction of sp³-hybridized carbons (Fsp3) is 0.200. The minimum atomic E-state index is -1.02. The van der Waals surface area contributed by atoms with Crippen molar-refractivity contribution in [1.82, 2.24) is 0 Å². The van der Waals surface area contributed by atoms with Gasteiger partial charge in [0.05, 0.1) is 0 Å². The summed E-state index contributed by atoms with van der Waals surface area (Å²) in [5.74, 6) is -3.00. The molecule has 2 aromatic carbocycles. The topological polar surface area (TPSA) is 26.0 Å². The lowest BCUT2D eigenvalue weighted by atomic mass is 9.97. The van der Waals surface area contributed by atoms with Crippen molar-refractivity contribution in [2.24, 2.45) is 5.73 Å². The third-order valence-corrected chi connectivity index (χ3v) is 3.07. The van der Waals surface area contributed by atoms with Gasteiger partial charge in [0.15, 0.2) is 0 Å². The monoisotopic (exact) mass is 283 g/mol. The molecule has 0 fully saturated rings. The average molecular weight is 283 g/mol. The smallest absolute Gasteiger partial charge is 0.133 e. The second kappa shape index (κ2) is 5.63. The number of rotatable bonds is 3. The predicted octanol–water partition coefficient (Wildman–Crippen LogP) is 3.79. The van der Waals surface area contributed by atoms with Gasteiger partial charge < -0.3 is 5.73 Å². The van der Waals surface area contributed by atoms with E-state index >= 15 is 0 Å². The first-order chi connectivity index (χ1) is 9.38. The minimum Gasteiger partial charge on any atom is -0.323 e. The number of benzene rings is 2. The summed E-state index contributed by atoms with van der Waals surface area (Å²) < 4.78 is 53.7. The van der Waals surface area contributed by atoms with Crippen LogP contribution in [-0.2, 0) is 6.42 Å². The number of aryl methyl sites for hydroxylation is 1. The molecule has 0 saturated carbocycles. The van der Waals surface area contributed by atoms with Crippen molar-refractivity contribution >= 4 is 0 Å². The van der Waals surface area contributed by atoms with Crippen molar-refractivity contribution in [3.8, 4) is 0 Å². The van der Waals surface area contributed by atoms with Crippen LogP contribution >= 0.6 is 0 Å². The SMILES string of the molecule is Cc1ccc(F)c(C(N)Cc2cc(F)cc(F)c2)c1F. The van der Waals surface area contributed by atoms with Crippen LogP contribution < -0.4 is 5.73 Å². The normalized spacial score (nSPS) is 12.5. The second-order valence-corrected chi connectivity index (χ2v) is 4.68. The van der Waals surface area contributed by atoms with Gasteiger partial charge in [0.1, 0.15) is 23.3 Å². The molecule has 20 heavy (non-hydrogen) atoms. The quantitative estimate of drug-likeness (QED) is 0.852. The molecule has 0 aliphatic carbocycles. The highest BCUT2D eigenvalue weighted by atomic mass is 19.1. The fourth-order valence-corrected chi connectivity index (χ4v) is 2.10. The number of nitrogens with two attached hydrogens (primary N) is 1. The Morgan fingerprint density at radius 3 is 2.20 bits per heavy atom. The molecule has 2 aromatic rings. The Morgan fingerprint density at radius 1 is 1.00 bits per heavy atom. The van der Waals surface area contributed by atoms with Gasteiger partial charge in [0.2, 0.25) is 0 Å². The molecule has 0 heterocycles. The summed E-state index contributed by atoms with van der Waals surface area (Å²) in [5, 5.41) is 0. The average Bonchev–Trinajstić information content (AvgIpc) is 2.33. The summed E-state index contributed by atoms with van der Waals surface area (Å²) in [4.78, 5) is 0. The van der Waals surface area contributed by atoms with Gasteiger partial charge in [-0.2, -0.15) is 0 Å². The summed E-state index contributed by atoms with van der Waals surface area (Å²) in [6.45, 7) is 1.49. The van der Waals surface area contributed by atoms with Crippen molar-refractivity contribution in [2.45, 2.75) is 19.4 Å². The maximum Gasteiger partial charge on any atom is 0.133 e. The van der Waals surface area contributed by atoms with E-state index in [2.05, 4.69) is 0 Å². The highest BCUT2D eigenvalue weighted by molar-refractivity contribution is 5.31. The lowest BCUT2D eigenvalue weighted by Crippen LogP contribution is -2.17. The van der Waals surface area contributed by atoms with Gasteiger partial charge >= 0.3 is 0 Å². The van der Waals surface area contributed by atoms with Crippen LogP contribution in [0.5, 0.6) is 0 Å². The maximum atomic E-state index is 13.9. The molecule has 0 aliphatic heterocycles. The van der Waals surface area contributed by atoms with Crippen LogP contribution in [0.15, 0.2) is 30.3 Å². The van der Waals surface area contributed by atoms with E-state index in [9.17, 15) is 17.6 Å². The second-order valence-electron chi connectivity index (χ2n) is 4.68. The Balaban J connectivity index is 2.33. The largest absolute Gasteiger partial charge is 0.323 e. The highest BCUT2D eigenvalue weighted by Gasteiger charge is 2.19. The van der Waals surface area contributed by atoms with Gasteiger partial charge in [-0.3, -0.25) is 0 Å². The molecule has 1 atom stereocenters. The Hall–Kier alpha value is -1.88. The molecule has 0 aliphatic rings. The molecule has 0 bridgehead atoms. The van der Waals surface area contributed by atoms with E-state index in [1.54, 1.807) is 0 Å². The zero-order valence-electron chi connectivity index (χ0n) is 10.8. The highest BCUT2D eigenvalue weighted by Crippen LogP contribution is 2.25. The van der Waals surface area contributed by atoms with E-state index in [4.69, 9.17) is 5.73 Å². The van der Waals surface area contributed by atoms with Crippen LogP contribution in [0.1, 0.15) is 22.7 Å². The molecule has 1 nitrogen and oxygen atoms in total. The van der Waals surface area contributed by atoms with Crippen LogP contribution in [0.2, 0.25) is 0 Å². The van der Waals surface area contributed by atoms with E-state index < -0.39 is 29.3 Å². The van der Waals surface area contributed by atoms with Gasteiger partial charge in [-0.1, -0.05) is 6.07 Å². The van der Waals surface area contributed by atoms with Crippen molar-refractivity contribution < 1.29 is 17.6 Å². The zero-order chi connectivity index (χ0) is 14.9. The molecule has 0 spiro atoms. The summed E-state index contributed by atoms with van der Waals surface area (Å²) in [6, 6.07) is 4.32. The molecular weight excluding hydrogens is 270 g/mol. The first-order valence-corrected chi connectivity index (χ1v) is 6.03. The molecule has 5 heteroatoms. The first kappa shape index (κ1) is 14.5. The van der Waals surface area contributed by atoms with E-state index in [-0.39, 0.29) is 23.1 Å². The molecule has 2 rings (SSSR count). The van der Waals surface area contributed by atoms with E-state index in [0.29, 0.717) is 0 Å². The van der Waals surface area contributed by atoms with Crippen LogP contribution in [0.25, 0.3) is 0 Å². The summed E-state index contributed by atoms with van der Waals surface area (Å²) >= 11 is 0. The lowest BCUT2D eigenvalue weighted by Gasteiger charge is -2.15. The lowest BCUT2D eigenvalue weighted by molar-refractivity contribution is 0.518. The zero-order valence-corrected chi connectivity index (χ0v) is 10.8. The van der Waals surface area contributed by atoms with Crippen molar-refractivity contribution in [1.29, 1.82) is 0 Å². The Labute approximate surface area is 114 Å². The first-order valence-electron chi connectivity index (χ1n) is 6.03. The van der Waals surface area contributed by atoms with Gasteiger partial charge in [0, 0.05) is 17.7 Å². The van der Waals surface area contributed by atoms with E-state index in [0.717, 1.165) is 24.3 Å². The predicted molar refractivity (Wildman–Crippen MR) is 68.1 cm³/mol. The summed E-state index contributed by atoms with van der Waals surface area (Å²) in [7, 11) is 0. The van der Waals surface area contributed by atoms with Crippen molar-refractivity contribution in [3.05, 3.63) is 70.3 Å². The Bertz CT molecular complexity index is 620. The fourth-order valence-electron chi connectivity index (χ4n) is 2.10. The summed E-state index contributed by atoms with van der Waals surface area (Å²) in [5.41, 5.74) is 6.02. The van der Waals surface area contributed by atoms with Gasteiger partial charge in [0.25, 0.3) is 0 Å². The van der Waals surface area contributed by atoms with Crippen LogP contribution in [0, 0.1) is 30.2 Å². The van der Waals surface area contributed by atoms with Gasteiger partial charge in [-0.25, -0.2) is 17.6 Å². The Kier molecular flexibility index (Phi) is 4.09. The molecule has 0 saturated heterocycles. The third kappa shape index (κ3) is 2.99.